The van der Waals surface area contributed by atoms with E-state index in [1.807, 2.05) is 6.07 Å². The van der Waals surface area contributed by atoms with E-state index in [4.69, 9.17) is 0 Å². The lowest BCUT2D eigenvalue weighted by atomic mass is 10.1. The van der Waals surface area contributed by atoms with Crippen LogP contribution in [0.1, 0.15) is 17.9 Å². The van der Waals surface area contributed by atoms with Crippen molar-refractivity contribution < 1.29 is 4.79 Å². The second-order valence-electron chi connectivity index (χ2n) is 4.09. The average Bonchev–Trinajstić information content (AvgIpc) is 2.95. The van der Waals surface area contributed by atoms with E-state index in [2.05, 4.69) is 34.6 Å². The van der Waals surface area contributed by atoms with Crippen LogP contribution in [0.4, 0.5) is 0 Å². The summed E-state index contributed by atoms with van der Waals surface area (Å²) in [6.45, 7) is 0. The smallest absolute Gasteiger partial charge is 0.236 e. The summed E-state index contributed by atoms with van der Waals surface area (Å²) in [5.74, 6) is 1.13. The zero-order valence-corrected chi connectivity index (χ0v) is 9.54. The largest absolute Gasteiger partial charge is 0.305 e. The summed E-state index contributed by atoms with van der Waals surface area (Å²) in [5, 5.41) is 3.57. The minimum atomic E-state index is 0.0701. The molecule has 82 valence electrons. The van der Waals surface area contributed by atoms with Crippen LogP contribution in [0.25, 0.3) is 0 Å². The number of amidine groups is 1. The fraction of sp³-hybridized carbons (Fsp3) is 0.333. The van der Waals surface area contributed by atoms with Crippen molar-refractivity contribution in [1.82, 2.24) is 5.32 Å². The number of nitrogens with one attached hydrogen (secondary N) is 1. The van der Waals surface area contributed by atoms with Gasteiger partial charge in [-0.15, -0.1) is 0 Å². The van der Waals surface area contributed by atoms with Crippen LogP contribution >= 0.6 is 11.8 Å². The number of nitrogens with zero attached hydrogens (tertiary/aromatic N) is 1. The molecule has 2 fully saturated rings. The van der Waals surface area contributed by atoms with Crippen LogP contribution in [-0.2, 0) is 4.79 Å². The van der Waals surface area contributed by atoms with Gasteiger partial charge in [-0.3, -0.25) is 9.79 Å². The molecule has 3 nitrogen and oxygen atoms in total. The van der Waals surface area contributed by atoms with Gasteiger partial charge in [-0.25, -0.2) is 0 Å². The second kappa shape index (κ2) is 3.94. The molecule has 1 amide bonds. The summed E-state index contributed by atoms with van der Waals surface area (Å²) in [5.41, 5.74) is 1.35. The Morgan fingerprint density at radius 1 is 1.31 bits per heavy atom. The number of hydrogen-bond donors (Lipinski definition) is 1. The van der Waals surface area contributed by atoms with Crippen LogP contribution in [0, 0.1) is 0 Å². The number of carbonyl (C=O) groups excluding carboxylic acids is 1. The van der Waals surface area contributed by atoms with E-state index in [9.17, 15) is 4.79 Å². The van der Waals surface area contributed by atoms with Crippen molar-refractivity contribution >= 4 is 22.8 Å². The number of benzene rings is 1. The van der Waals surface area contributed by atoms with Crippen LogP contribution < -0.4 is 5.32 Å². The molecular formula is C12H12N2OS. The van der Waals surface area contributed by atoms with Gasteiger partial charge in [0.2, 0.25) is 5.91 Å². The van der Waals surface area contributed by atoms with Gasteiger partial charge in [0.25, 0.3) is 0 Å². The molecule has 2 aliphatic rings. The fourth-order valence-corrected chi connectivity index (χ4v) is 2.66. The maximum absolute atomic E-state index is 11.0. The lowest BCUT2D eigenvalue weighted by Gasteiger charge is -1.97. The van der Waals surface area contributed by atoms with Crippen LogP contribution in [0.15, 0.2) is 35.3 Å². The summed E-state index contributed by atoms with van der Waals surface area (Å²) in [6.07, 6.45) is 1.10. The highest BCUT2D eigenvalue weighted by Gasteiger charge is 2.39. The summed E-state index contributed by atoms with van der Waals surface area (Å²) < 4.78 is 0. The van der Waals surface area contributed by atoms with Crippen molar-refractivity contribution in [3.8, 4) is 0 Å². The summed E-state index contributed by atoms with van der Waals surface area (Å²) >= 11 is 1.51. The Balaban J connectivity index is 1.67. The molecule has 0 bridgehead atoms. The van der Waals surface area contributed by atoms with E-state index < -0.39 is 0 Å². The molecular weight excluding hydrogens is 220 g/mol. The third kappa shape index (κ3) is 1.97. The summed E-state index contributed by atoms with van der Waals surface area (Å²) in [6, 6.07) is 10.8. The van der Waals surface area contributed by atoms with Gasteiger partial charge in [0.1, 0.15) is 0 Å². The highest BCUT2D eigenvalue weighted by atomic mass is 32.2. The van der Waals surface area contributed by atoms with Crippen molar-refractivity contribution in [3.05, 3.63) is 35.9 Å². The van der Waals surface area contributed by atoms with Gasteiger partial charge < -0.3 is 5.32 Å². The van der Waals surface area contributed by atoms with Gasteiger partial charge in [-0.2, -0.15) is 0 Å². The standard InChI is InChI=1S/C12H12N2OS/c15-11-7-16-12(14-11)13-10-6-9(10)8-4-2-1-3-5-8/h1-5,9-10H,6-7H2,(H,13,14,15). The Labute approximate surface area is 98.3 Å². The highest BCUT2D eigenvalue weighted by Crippen LogP contribution is 2.43. The fourth-order valence-electron chi connectivity index (χ4n) is 1.93. The molecule has 1 saturated heterocycles. The van der Waals surface area contributed by atoms with Gasteiger partial charge in [0.05, 0.1) is 11.8 Å². The summed E-state index contributed by atoms with van der Waals surface area (Å²) in [7, 11) is 0. The van der Waals surface area contributed by atoms with Crippen molar-refractivity contribution in [2.24, 2.45) is 4.99 Å². The average molecular weight is 232 g/mol. The Bertz CT molecular complexity index is 444. The molecule has 0 spiro atoms. The van der Waals surface area contributed by atoms with Crippen molar-refractivity contribution in [1.29, 1.82) is 0 Å². The maximum atomic E-state index is 11.0. The Hall–Kier alpha value is -1.29. The third-order valence-corrected chi connectivity index (χ3v) is 3.74. The molecule has 1 N–H and O–H groups in total. The molecule has 2 atom stereocenters. The topological polar surface area (TPSA) is 41.5 Å². The molecule has 1 heterocycles. The lowest BCUT2D eigenvalue weighted by molar-refractivity contribution is -0.116. The molecule has 1 aromatic carbocycles. The van der Waals surface area contributed by atoms with Gasteiger partial charge in [-0.05, 0) is 12.0 Å². The monoisotopic (exact) mass is 232 g/mol. The lowest BCUT2D eigenvalue weighted by Crippen LogP contribution is -2.20. The molecule has 1 saturated carbocycles. The van der Waals surface area contributed by atoms with Gasteiger partial charge in [-0.1, -0.05) is 42.1 Å². The van der Waals surface area contributed by atoms with E-state index in [-0.39, 0.29) is 5.91 Å². The van der Waals surface area contributed by atoms with Crippen LogP contribution in [0.5, 0.6) is 0 Å². The molecule has 4 heteroatoms. The van der Waals surface area contributed by atoms with E-state index in [1.54, 1.807) is 0 Å². The van der Waals surface area contributed by atoms with Crippen LogP contribution in [0.2, 0.25) is 0 Å². The Morgan fingerprint density at radius 2 is 2.12 bits per heavy atom. The number of carbonyl (C=O) groups is 1. The van der Waals surface area contributed by atoms with Crippen molar-refractivity contribution in [2.75, 3.05) is 5.75 Å². The third-order valence-electron chi connectivity index (χ3n) is 2.85. The van der Waals surface area contributed by atoms with E-state index in [0.717, 1.165) is 11.6 Å². The molecule has 0 aromatic heterocycles. The van der Waals surface area contributed by atoms with Gasteiger partial charge in [0, 0.05) is 5.92 Å². The van der Waals surface area contributed by atoms with Crippen LogP contribution in [0.3, 0.4) is 0 Å². The second-order valence-corrected chi connectivity index (χ2v) is 5.06. The molecule has 1 aliphatic carbocycles. The predicted octanol–water partition coefficient (Wildman–Crippen LogP) is 1.76. The molecule has 0 radical (unpaired) electrons. The first-order chi connectivity index (χ1) is 7.83. The first kappa shape index (κ1) is 9.90. The quantitative estimate of drug-likeness (QED) is 0.844. The number of hydrogen-bond acceptors (Lipinski definition) is 3. The molecule has 1 aromatic rings. The number of rotatable bonds is 2. The van der Waals surface area contributed by atoms with Crippen molar-refractivity contribution in [3.63, 3.8) is 0 Å². The molecule has 2 unspecified atom stereocenters. The predicted molar refractivity (Wildman–Crippen MR) is 65.6 cm³/mol. The number of amides is 1. The molecule has 16 heavy (non-hydrogen) atoms. The minimum Gasteiger partial charge on any atom is -0.305 e. The molecule has 1 aliphatic heterocycles. The zero-order chi connectivity index (χ0) is 11.0. The first-order valence-corrected chi connectivity index (χ1v) is 6.37. The van der Waals surface area contributed by atoms with Gasteiger partial charge in [0.15, 0.2) is 5.17 Å². The van der Waals surface area contributed by atoms with Gasteiger partial charge >= 0.3 is 0 Å². The molecule has 3 rings (SSSR count). The van der Waals surface area contributed by atoms with Crippen LogP contribution in [-0.4, -0.2) is 22.9 Å². The Kier molecular flexibility index (Phi) is 2.44. The van der Waals surface area contributed by atoms with E-state index >= 15 is 0 Å². The number of aliphatic imine (C=N–C) groups is 1. The zero-order valence-electron chi connectivity index (χ0n) is 8.72. The SMILES string of the molecule is O=C1CSC(=NC2CC2c2ccccc2)N1. The van der Waals surface area contributed by atoms with Crippen molar-refractivity contribution in [2.45, 2.75) is 18.4 Å². The minimum absolute atomic E-state index is 0.0701. The summed E-state index contributed by atoms with van der Waals surface area (Å²) in [4.78, 5) is 15.5. The first-order valence-electron chi connectivity index (χ1n) is 5.38. The Morgan fingerprint density at radius 3 is 2.81 bits per heavy atom. The van der Waals surface area contributed by atoms with E-state index in [0.29, 0.717) is 17.7 Å². The number of thioether (sulfide) groups is 1. The normalized spacial score (nSPS) is 30.5. The highest BCUT2D eigenvalue weighted by molar-refractivity contribution is 8.15. The maximum Gasteiger partial charge on any atom is 0.236 e. The van der Waals surface area contributed by atoms with E-state index in [1.165, 1.54) is 17.3 Å².